The number of thioether (sulfide) groups is 1. The van der Waals surface area contributed by atoms with E-state index < -0.39 is 0 Å². The van der Waals surface area contributed by atoms with Crippen molar-refractivity contribution in [1.82, 2.24) is 10.3 Å². The molecule has 0 aliphatic carbocycles. The van der Waals surface area contributed by atoms with Crippen molar-refractivity contribution in [3.63, 3.8) is 0 Å². The van der Waals surface area contributed by atoms with Crippen molar-refractivity contribution < 1.29 is 14.3 Å². The average Bonchev–Trinajstić information content (AvgIpc) is 2.43. The smallest absolute Gasteiger partial charge is 0.305 e. The lowest BCUT2D eigenvalue weighted by molar-refractivity contribution is -0.143. The number of carbonyl (C=O) groups excluding carboxylic acids is 2. The topological polar surface area (TPSA) is 68.3 Å². The molecule has 0 unspecified atom stereocenters. The minimum absolute atomic E-state index is 0.0728. The molecule has 1 aromatic rings. The molecule has 0 aromatic carbocycles. The number of aromatic nitrogens is 1. The van der Waals surface area contributed by atoms with Crippen LogP contribution in [0, 0.1) is 0 Å². The number of halogens is 1. The van der Waals surface area contributed by atoms with Gasteiger partial charge in [0.15, 0.2) is 0 Å². The first-order valence-electron chi connectivity index (χ1n) is 6.29. The molecule has 0 fully saturated rings. The Kier molecular flexibility index (Phi) is 8.29. The van der Waals surface area contributed by atoms with Crippen LogP contribution in [-0.4, -0.2) is 35.8 Å². The Hall–Kier alpha value is -1.08. The van der Waals surface area contributed by atoms with Crippen molar-refractivity contribution in [3.05, 3.63) is 22.8 Å². The number of ether oxygens (including phenoxy) is 1. The van der Waals surface area contributed by atoms with E-state index in [9.17, 15) is 9.59 Å². The second-order valence-corrected chi connectivity index (χ2v) is 5.66. The molecule has 1 rings (SSSR count). The Morgan fingerprint density at radius 3 is 3.00 bits per heavy atom. The van der Waals surface area contributed by atoms with Crippen molar-refractivity contribution in [2.24, 2.45) is 0 Å². The van der Waals surface area contributed by atoms with Crippen molar-refractivity contribution in [2.45, 2.75) is 24.8 Å². The number of amides is 1. The molecule has 110 valence electrons. The Labute approximate surface area is 131 Å². The van der Waals surface area contributed by atoms with E-state index >= 15 is 0 Å². The molecule has 0 aliphatic heterocycles. The van der Waals surface area contributed by atoms with E-state index in [1.54, 1.807) is 13.1 Å². The fourth-order valence-corrected chi connectivity index (χ4v) is 2.67. The molecule has 0 saturated carbocycles. The summed E-state index contributed by atoms with van der Waals surface area (Å²) >= 11 is 4.74. The lowest BCUT2D eigenvalue weighted by Gasteiger charge is -2.05. The number of carbonyl (C=O) groups is 2. The molecule has 0 spiro atoms. The van der Waals surface area contributed by atoms with Gasteiger partial charge < -0.3 is 10.1 Å². The average molecular weight is 361 g/mol. The molecular weight excluding hydrogens is 344 g/mol. The van der Waals surface area contributed by atoms with E-state index in [1.165, 1.54) is 11.8 Å². The maximum Gasteiger partial charge on any atom is 0.305 e. The first kappa shape index (κ1) is 17.0. The van der Waals surface area contributed by atoms with Crippen LogP contribution in [0.3, 0.4) is 0 Å². The van der Waals surface area contributed by atoms with Crippen LogP contribution >= 0.6 is 27.7 Å². The largest absolute Gasteiger partial charge is 0.466 e. The monoisotopic (exact) mass is 360 g/mol. The van der Waals surface area contributed by atoms with Gasteiger partial charge in [-0.15, -0.1) is 0 Å². The van der Waals surface area contributed by atoms with Crippen LogP contribution in [0.25, 0.3) is 0 Å². The summed E-state index contributed by atoms with van der Waals surface area (Å²) < 4.78 is 5.67. The van der Waals surface area contributed by atoms with Gasteiger partial charge in [0.2, 0.25) is 5.91 Å². The predicted octanol–water partition coefficient (Wildman–Crippen LogP) is 2.40. The normalized spacial score (nSPS) is 10.1. The highest BCUT2D eigenvalue weighted by molar-refractivity contribution is 9.10. The van der Waals surface area contributed by atoms with Crippen LogP contribution in [0.2, 0.25) is 0 Å². The molecule has 7 heteroatoms. The molecule has 1 N–H and O–H groups in total. The van der Waals surface area contributed by atoms with Gasteiger partial charge in [0.25, 0.3) is 0 Å². The van der Waals surface area contributed by atoms with Crippen LogP contribution in [0.15, 0.2) is 27.8 Å². The van der Waals surface area contributed by atoms with E-state index in [0.29, 0.717) is 31.7 Å². The number of hydrogen-bond donors (Lipinski definition) is 1. The summed E-state index contributed by atoms with van der Waals surface area (Å²) in [7, 11) is 0. The number of pyridine rings is 1. The van der Waals surface area contributed by atoms with Gasteiger partial charge in [0.1, 0.15) is 5.03 Å². The summed E-state index contributed by atoms with van der Waals surface area (Å²) in [5, 5.41) is 3.55. The molecular formula is C13H17BrN2O3S. The fourth-order valence-electron chi connectivity index (χ4n) is 1.36. The quantitative estimate of drug-likeness (QED) is 0.438. The number of rotatable bonds is 8. The summed E-state index contributed by atoms with van der Waals surface area (Å²) in [6, 6.07) is 3.70. The standard InChI is InChI=1S/C13H17BrN2O3S/c1-2-19-12(18)6-4-7-15-11(17)9-20-13-10(14)5-3-8-16-13/h3,5,8H,2,4,6-7,9H2,1H3,(H,15,17). The van der Waals surface area contributed by atoms with Crippen LogP contribution < -0.4 is 5.32 Å². The number of hydrogen-bond acceptors (Lipinski definition) is 5. The van der Waals surface area contributed by atoms with Gasteiger partial charge in [0, 0.05) is 23.6 Å². The van der Waals surface area contributed by atoms with Crippen molar-refractivity contribution >= 4 is 39.6 Å². The highest BCUT2D eigenvalue weighted by Crippen LogP contribution is 2.24. The minimum Gasteiger partial charge on any atom is -0.466 e. The van der Waals surface area contributed by atoms with E-state index in [2.05, 4.69) is 26.2 Å². The molecule has 0 aliphatic rings. The highest BCUT2D eigenvalue weighted by atomic mass is 79.9. The molecule has 5 nitrogen and oxygen atoms in total. The van der Waals surface area contributed by atoms with Crippen LogP contribution in [0.4, 0.5) is 0 Å². The van der Waals surface area contributed by atoms with Gasteiger partial charge in [-0.05, 0) is 41.4 Å². The number of nitrogens with one attached hydrogen (secondary N) is 1. The van der Waals surface area contributed by atoms with Gasteiger partial charge in [0.05, 0.1) is 12.4 Å². The second kappa shape index (κ2) is 9.77. The first-order valence-corrected chi connectivity index (χ1v) is 8.07. The van der Waals surface area contributed by atoms with E-state index in [1.807, 2.05) is 12.1 Å². The molecule has 1 amide bonds. The Bertz CT molecular complexity index is 457. The van der Waals surface area contributed by atoms with Crippen molar-refractivity contribution in [3.8, 4) is 0 Å². The van der Waals surface area contributed by atoms with Crippen LogP contribution in [0.1, 0.15) is 19.8 Å². The zero-order valence-corrected chi connectivity index (χ0v) is 13.6. The third-order valence-corrected chi connectivity index (χ3v) is 4.16. The third-order valence-electron chi connectivity index (χ3n) is 2.25. The Morgan fingerprint density at radius 2 is 2.30 bits per heavy atom. The summed E-state index contributed by atoms with van der Waals surface area (Å²) in [5.41, 5.74) is 0. The van der Waals surface area contributed by atoms with Crippen LogP contribution in [0.5, 0.6) is 0 Å². The number of esters is 1. The molecule has 20 heavy (non-hydrogen) atoms. The zero-order chi connectivity index (χ0) is 14.8. The Balaban J connectivity index is 2.15. The Morgan fingerprint density at radius 1 is 1.50 bits per heavy atom. The lowest BCUT2D eigenvalue weighted by atomic mass is 10.3. The molecule has 0 radical (unpaired) electrons. The zero-order valence-electron chi connectivity index (χ0n) is 11.2. The SMILES string of the molecule is CCOC(=O)CCCNC(=O)CSc1ncccc1Br. The number of nitrogens with zero attached hydrogens (tertiary/aromatic N) is 1. The van der Waals surface area contributed by atoms with Gasteiger partial charge in [-0.1, -0.05) is 11.8 Å². The van der Waals surface area contributed by atoms with E-state index in [4.69, 9.17) is 4.74 Å². The summed E-state index contributed by atoms with van der Waals surface area (Å²) in [4.78, 5) is 26.9. The van der Waals surface area contributed by atoms with Crippen molar-refractivity contribution in [2.75, 3.05) is 18.9 Å². The molecule has 1 heterocycles. The highest BCUT2D eigenvalue weighted by Gasteiger charge is 2.06. The molecule has 0 atom stereocenters. The summed E-state index contributed by atoms with van der Waals surface area (Å²) in [5.74, 6) is -0.000355. The molecule has 0 saturated heterocycles. The maximum absolute atomic E-state index is 11.6. The lowest BCUT2D eigenvalue weighted by Crippen LogP contribution is -2.26. The maximum atomic E-state index is 11.6. The second-order valence-electron chi connectivity index (χ2n) is 3.84. The summed E-state index contributed by atoms with van der Waals surface area (Å²) in [6.45, 7) is 2.63. The first-order chi connectivity index (χ1) is 9.63. The van der Waals surface area contributed by atoms with Gasteiger partial charge in [-0.3, -0.25) is 9.59 Å². The van der Waals surface area contributed by atoms with Gasteiger partial charge >= 0.3 is 5.97 Å². The van der Waals surface area contributed by atoms with Gasteiger partial charge in [-0.2, -0.15) is 0 Å². The van der Waals surface area contributed by atoms with Crippen LogP contribution in [-0.2, 0) is 14.3 Å². The molecule has 1 aromatic heterocycles. The molecule has 0 bridgehead atoms. The van der Waals surface area contributed by atoms with E-state index in [0.717, 1.165) is 9.50 Å². The van der Waals surface area contributed by atoms with Gasteiger partial charge in [-0.25, -0.2) is 4.98 Å². The fraction of sp³-hybridized carbons (Fsp3) is 0.462. The predicted molar refractivity (Wildman–Crippen MR) is 81.5 cm³/mol. The van der Waals surface area contributed by atoms with E-state index in [-0.39, 0.29) is 11.9 Å². The summed E-state index contributed by atoms with van der Waals surface area (Å²) in [6.07, 6.45) is 2.60. The van der Waals surface area contributed by atoms with Crippen molar-refractivity contribution in [1.29, 1.82) is 0 Å². The third kappa shape index (κ3) is 6.91. The minimum atomic E-state index is -0.228.